The van der Waals surface area contributed by atoms with Gasteiger partial charge in [-0.25, -0.2) is 14.4 Å². The van der Waals surface area contributed by atoms with Crippen LogP contribution in [0, 0.1) is 27.7 Å². The van der Waals surface area contributed by atoms with Gasteiger partial charge >= 0.3 is 17.9 Å². The first-order chi connectivity index (χ1) is 33.7. The molecule has 8 aromatic carbocycles. The van der Waals surface area contributed by atoms with E-state index in [2.05, 4.69) is 44.2 Å². The molecule has 0 amide bonds. The lowest BCUT2D eigenvalue weighted by molar-refractivity contribution is 0.0724. The van der Waals surface area contributed by atoms with Crippen molar-refractivity contribution in [3.63, 3.8) is 0 Å². The first-order valence-electron chi connectivity index (χ1n) is 23.9. The fraction of sp³-hybridized carbons (Fsp3) is 0.226. The highest BCUT2D eigenvalue weighted by atomic mass is 16.5. The molecule has 0 radical (unpaired) electrons. The van der Waals surface area contributed by atoms with E-state index in [1.54, 1.807) is 43.5 Å². The number of methoxy groups -OCH3 is 1. The third-order valence-corrected chi connectivity index (χ3v) is 14.2. The number of ketones is 1. The maximum absolute atomic E-state index is 13.6. The van der Waals surface area contributed by atoms with E-state index in [9.17, 15) is 19.2 Å². The summed E-state index contributed by atoms with van der Waals surface area (Å²) < 4.78 is 23.4. The van der Waals surface area contributed by atoms with Gasteiger partial charge < -0.3 is 18.9 Å². The summed E-state index contributed by atoms with van der Waals surface area (Å²) >= 11 is 0. The highest BCUT2D eigenvalue weighted by molar-refractivity contribution is 6.13. The maximum Gasteiger partial charge on any atom is 0.344 e. The van der Waals surface area contributed by atoms with E-state index in [4.69, 9.17) is 18.9 Å². The smallest absolute Gasteiger partial charge is 0.344 e. The van der Waals surface area contributed by atoms with Crippen molar-refractivity contribution in [2.75, 3.05) is 7.11 Å². The van der Waals surface area contributed by atoms with Crippen LogP contribution >= 0.6 is 0 Å². The number of carbonyl (C=O) groups excluding carboxylic acids is 4. The van der Waals surface area contributed by atoms with Crippen LogP contribution in [0.25, 0.3) is 21.5 Å². The Bertz CT molecular complexity index is 3370. The molecule has 70 heavy (non-hydrogen) atoms. The second-order valence-corrected chi connectivity index (χ2v) is 18.8. The Kier molecular flexibility index (Phi) is 13.3. The fourth-order valence-corrected chi connectivity index (χ4v) is 10.2. The van der Waals surface area contributed by atoms with E-state index in [0.29, 0.717) is 50.3 Å². The van der Waals surface area contributed by atoms with E-state index in [1.807, 2.05) is 99.6 Å². The topological polar surface area (TPSA) is 105 Å². The minimum Gasteiger partial charge on any atom is -0.496 e. The van der Waals surface area contributed by atoms with Gasteiger partial charge in [0.2, 0.25) is 0 Å². The summed E-state index contributed by atoms with van der Waals surface area (Å²) in [6, 6.07) is 45.5. The van der Waals surface area contributed by atoms with Gasteiger partial charge in [-0.3, -0.25) is 4.79 Å². The fourth-order valence-electron chi connectivity index (χ4n) is 10.2. The summed E-state index contributed by atoms with van der Waals surface area (Å²) in [5, 5.41) is 2.95. The molecule has 352 valence electrons. The van der Waals surface area contributed by atoms with E-state index in [1.165, 1.54) is 24.5 Å². The first kappa shape index (κ1) is 47.2. The standard InChI is InChI=1S/C62H56O8/c1-37-31-43(41(5)44-20-26-57(38(2)32-44)70-61(66)54-24-23-51(42(6)63)52-13-9-10-14-53(52)54)19-25-56(37)68-59(64)47-17-15-46-36-48(18-16-45(46)35-47)60(65)69-58-28-22-50(34-40(58)4)62(29-11-8-12-30-62)49-21-27-55(67-7)39(3)33-49/h9-10,13-28,31-36,41H,8,11-12,29-30H2,1-7H3. The van der Waals surface area contributed by atoms with Crippen LogP contribution in [0.4, 0.5) is 0 Å². The lowest BCUT2D eigenvalue weighted by Crippen LogP contribution is -2.30. The number of ether oxygens (including phenoxy) is 4. The number of rotatable bonds is 12. The highest BCUT2D eigenvalue weighted by Crippen LogP contribution is 2.47. The van der Waals surface area contributed by atoms with Crippen LogP contribution in [0.2, 0.25) is 0 Å². The highest BCUT2D eigenvalue weighted by Gasteiger charge is 2.36. The molecule has 8 heteroatoms. The molecule has 0 aromatic heterocycles. The van der Waals surface area contributed by atoms with Gasteiger partial charge in [0, 0.05) is 16.9 Å². The maximum atomic E-state index is 13.6. The molecular formula is C62H56O8. The molecule has 0 aliphatic heterocycles. The molecule has 0 bridgehead atoms. The van der Waals surface area contributed by atoms with Gasteiger partial charge in [0.15, 0.2) is 5.78 Å². The Morgan fingerprint density at radius 1 is 0.471 bits per heavy atom. The minimum atomic E-state index is -0.497. The predicted molar refractivity (Wildman–Crippen MR) is 275 cm³/mol. The van der Waals surface area contributed by atoms with Crippen molar-refractivity contribution in [2.45, 2.75) is 85.0 Å². The van der Waals surface area contributed by atoms with E-state index in [0.717, 1.165) is 75.6 Å². The lowest BCUT2D eigenvalue weighted by Gasteiger charge is -2.39. The van der Waals surface area contributed by atoms with Crippen LogP contribution in [-0.2, 0) is 5.41 Å². The van der Waals surface area contributed by atoms with Gasteiger partial charge in [0.05, 0.1) is 23.8 Å². The largest absolute Gasteiger partial charge is 0.496 e. The van der Waals surface area contributed by atoms with E-state index in [-0.39, 0.29) is 17.1 Å². The second kappa shape index (κ2) is 19.6. The minimum absolute atomic E-state index is 0.0175. The molecule has 8 nitrogen and oxygen atoms in total. The zero-order valence-corrected chi connectivity index (χ0v) is 40.7. The van der Waals surface area contributed by atoms with Crippen molar-refractivity contribution in [3.05, 3.63) is 212 Å². The Morgan fingerprint density at radius 3 is 1.39 bits per heavy atom. The second-order valence-electron chi connectivity index (χ2n) is 18.8. The normalized spacial score (nSPS) is 13.6. The molecule has 0 spiro atoms. The van der Waals surface area contributed by atoms with Crippen molar-refractivity contribution >= 4 is 45.2 Å². The number of hydrogen-bond acceptors (Lipinski definition) is 8. The number of benzene rings is 8. The Hall–Kier alpha value is -7.84. The van der Waals surface area contributed by atoms with Crippen molar-refractivity contribution in [2.24, 2.45) is 0 Å². The van der Waals surface area contributed by atoms with Crippen LogP contribution in [0.3, 0.4) is 0 Å². The number of carbonyl (C=O) groups is 4. The average Bonchev–Trinajstić information content (AvgIpc) is 3.37. The number of fused-ring (bicyclic) bond motifs is 2. The van der Waals surface area contributed by atoms with Gasteiger partial charge in [-0.15, -0.1) is 0 Å². The molecule has 1 aliphatic rings. The number of Topliss-reactive ketones (excluding diaryl/α,β-unsaturated/α-hetero) is 1. The molecule has 8 aromatic rings. The van der Waals surface area contributed by atoms with Gasteiger partial charge in [0.25, 0.3) is 0 Å². The van der Waals surface area contributed by atoms with Crippen molar-refractivity contribution in [3.8, 4) is 23.0 Å². The Morgan fingerprint density at radius 2 is 0.914 bits per heavy atom. The molecule has 1 atom stereocenters. The summed E-state index contributed by atoms with van der Waals surface area (Å²) in [5.74, 6) is 0.784. The zero-order chi connectivity index (χ0) is 49.3. The van der Waals surface area contributed by atoms with Gasteiger partial charge in [-0.2, -0.15) is 0 Å². The summed E-state index contributed by atoms with van der Waals surface area (Å²) in [7, 11) is 1.71. The molecule has 1 saturated carbocycles. The van der Waals surface area contributed by atoms with Gasteiger partial charge in [-0.1, -0.05) is 111 Å². The summed E-state index contributed by atoms with van der Waals surface area (Å²) in [5.41, 5.74) is 9.83. The molecule has 1 fully saturated rings. The molecule has 9 rings (SSSR count). The summed E-state index contributed by atoms with van der Waals surface area (Å²) in [6.07, 6.45) is 5.66. The van der Waals surface area contributed by atoms with Crippen LogP contribution in [-0.4, -0.2) is 30.8 Å². The zero-order valence-electron chi connectivity index (χ0n) is 40.7. The van der Waals surface area contributed by atoms with Crippen LogP contribution in [0.1, 0.15) is 138 Å². The molecule has 0 saturated heterocycles. The van der Waals surface area contributed by atoms with E-state index >= 15 is 0 Å². The van der Waals surface area contributed by atoms with Crippen LogP contribution in [0.15, 0.2) is 146 Å². The predicted octanol–water partition coefficient (Wildman–Crippen LogP) is 14.5. The third kappa shape index (κ3) is 9.34. The summed E-state index contributed by atoms with van der Waals surface area (Å²) in [6.45, 7) is 11.5. The van der Waals surface area contributed by atoms with Crippen molar-refractivity contribution in [1.29, 1.82) is 0 Å². The van der Waals surface area contributed by atoms with Gasteiger partial charge in [0.1, 0.15) is 23.0 Å². The van der Waals surface area contributed by atoms with Crippen LogP contribution in [0.5, 0.6) is 23.0 Å². The summed E-state index contributed by atoms with van der Waals surface area (Å²) in [4.78, 5) is 52.7. The monoisotopic (exact) mass is 928 g/mol. The average molecular weight is 929 g/mol. The SMILES string of the molecule is COc1ccc(C2(c3ccc(OC(=O)c4ccc5cc(C(=O)Oc6ccc(C(C)c7ccc(OC(=O)c8ccc(C(C)=O)c9ccccc89)c(C)c7)cc6C)ccc5c4)c(C)c3)CCCCC2)cc1C. The quantitative estimate of drug-likeness (QED) is 0.0678. The third-order valence-electron chi connectivity index (χ3n) is 14.2. The molecule has 0 heterocycles. The number of esters is 3. The lowest BCUT2D eigenvalue weighted by atomic mass is 9.65. The molecule has 1 unspecified atom stereocenters. The van der Waals surface area contributed by atoms with E-state index < -0.39 is 17.9 Å². The molecule has 0 N–H and O–H groups in total. The Balaban J connectivity index is 0.839. The number of aryl methyl sites for hydroxylation is 4. The first-order valence-corrected chi connectivity index (χ1v) is 23.9. The molecular weight excluding hydrogens is 873 g/mol. The number of hydrogen-bond donors (Lipinski definition) is 0. The van der Waals surface area contributed by atoms with Gasteiger partial charge in [-0.05, 0) is 174 Å². The van der Waals surface area contributed by atoms with Crippen molar-refractivity contribution < 1.29 is 38.1 Å². The Labute approximate surface area is 409 Å². The molecule has 1 aliphatic carbocycles. The van der Waals surface area contributed by atoms with Crippen LogP contribution < -0.4 is 18.9 Å². The van der Waals surface area contributed by atoms with Crippen molar-refractivity contribution in [1.82, 2.24) is 0 Å².